The van der Waals surface area contributed by atoms with E-state index in [1.54, 1.807) is 6.07 Å². The number of hydrogen-bond donors (Lipinski definition) is 0. The number of ether oxygens (including phenoxy) is 1. The number of aromatic nitrogens is 2. The van der Waals surface area contributed by atoms with Crippen LogP contribution in [0, 0.1) is 13.8 Å². The maximum atomic E-state index is 12.3. The van der Waals surface area contributed by atoms with Gasteiger partial charge in [-0.05, 0) is 37.1 Å². The monoisotopic (exact) mass is 336 g/mol. The first-order valence-electron chi connectivity index (χ1n) is 6.85. The number of carbonyl (C=O) groups excluding carboxylic acids is 1. The lowest BCUT2D eigenvalue weighted by molar-refractivity contribution is 0.0727. The van der Waals surface area contributed by atoms with Gasteiger partial charge in [0, 0.05) is 5.25 Å². The molecule has 0 aliphatic rings. The molecule has 0 saturated heterocycles. The van der Waals surface area contributed by atoms with E-state index in [1.165, 1.54) is 18.0 Å². The summed E-state index contributed by atoms with van der Waals surface area (Å²) in [5, 5.41) is 0.998. The van der Waals surface area contributed by atoms with Gasteiger partial charge < -0.3 is 4.74 Å². The molecule has 4 nitrogen and oxygen atoms in total. The summed E-state index contributed by atoms with van der Waals surface area (Å²) >= 11 is 7.48. The molecule has 22 heavy (non-hydrogen) atoms. The highest BCUT2D eigenvalue weighted by atomic mass is 35.5. The van der Waals surface area contributed by atoms with Crippen LogP contribution in [0.4, 0.5) is 0 Å². The fourth-order valence-electron chi connectivity index (χ4n) is 1.69. The predicted octanol–water partition coefficient (Wildman–Crippen LogP) is 4.47. The van der Waals surface area contributed by atoms with Gasteiger partial charge in [0.2, 0.25) is 0 Å². The van der Waals surface area contributed by atoms with E-state index < -0.39 is 5.97 Å². The zero-order valence-corrected chi connectivity index (χ0v) is 14.5. The van der Waals surface area contributed by atoms with Crippen LogP contribution in [0.3, 0.4) is 0 Å². The Morgan fingerprint density at radius 3 is 2.64 bits per heavy atom. The zero-order chi connectivity index (χ0) is 16.3. The van der Waals surface area contributed by atoms with Crippen molar-refractivity contribution < 1.29 is 9.53 Å². The molecule has 0 N–H and O–H groups in total. The minimum Gasteiger partial charge on any atom is -0.422 e. The maximum Gasteiger partial charge on any atom is 0.364 e. The molecule has 2 rings (SSSR count). The van der Waals surface area contributed by atoms with E-state index in [-0.39, 0.29) is 10.7 Å². The largest absolute Gasteiger partial charge is 0.422 e. The molecule has 1 aromatic carbocycles. The number of nitrogens with zero attached hydrogens (tertiary/aromatic N) is 2. The first-order valence-corrected chi connectivity index (χ1v) is 8.11. The smallest absolute Gasteiger partial charge is 0.364 e. The number of hydrogen-bond acceptors (Lipinski definition) is 5. The Balaban J connectivity index is 2.22. The van der Waals surface area contributed by atoms with Crippen LogP contribution in [0.5, 0.6) is 5.75 Å². The molecule has 0 radical (unpaired) electrons. The van der Waals surface area contributed by atoms with E-state index >= 15 is 0 Å². The molecule has 0 aliphatic heterocycles. The van der Waals surface area contributed by atoms with Crippen molar-refractivity contribution in [3.63, 3.8) is 0 Å². The number of aryl methyl sites for hydroxylation is 2. The van der Waals surface area contributed by atoms with Gasteiger partial charge in [-0.1, -0.05) is 43.3 Å². The van der Waals surface area contributed by atoms with Crippen LogP contribution in [0.2, 0.25) is 5.02 Å². The second-order valence-corrected chi connectivity index (χ2v) is 7.10. The summed E-state index contributed by atoms with van der Waals surface area (Å²) in [6.07, 6.45) is 1.43. The van der Waals surface area contributed by atoms with Gasteiger partial charge >= 0.3 is 5.97 Å². The standard InChI is InChI=1S/C16H17ClN2O2S/c1-9(2)22-16-18-8-13(17)14(19-16)15(20)21-12-6-5-10(3)11(4)7-12/h5-9H,1-4H3. The average Bonchev–Trinajstić information content (AvgIpc) is 2.44. The number of carbonyl (C=O) groups is 1. The predicted molar refractivity (Wildman–Crippen MR) is 88.9 cm³/mol. The molecule has 6 heteroatoms. The normalized spacial score (nSPS) is 10.8. The van der Waals surface area contributed by atoms with Gasteiger partial charge in [-0.2, -0.15) is 0 Å². The molecule has 1 aromatic heterocycles. The maximum absolute atomic E-state index is 12.3. The van der Waals surface area contributed by atoms with Crippen molar-refractivity contribution >= 4 is 29.3 Å². The number of benzene rings is 1. The Morgan fingerprint density at radius 1 is 1.27 bits per heavy atom. The second kappa shape index (κ2) is 7.11. The summed E-state index contributed by atoms with van der Waals surface area (Å²) in [6, 6.07) is 5.46. The highest BCUT2D eigenvalue weighted by Gasteiger charge is 2.17. The second-order valence-electron chi connectivity index (χ2n) is 5.15. The van der Waals surface area contributed by atoms with Crippen molar-refractivity contribution in [1.82, 2.24) is 9.97 Å². The van der Waals surface area contributed by atoms with Crippen molar-refractivity contribution in [3.05, 3.63) is 46.2 Å². The highest BCUT2D eigenvalue weighted by Crippen LogP contribution is 2.23. The fraction of sp³-hybridized carbons (Fsp3) is 0.312. The van der Waals surface area contributed by atoms with E-state index in [1.807, 2.05) is 39.8 Å². The summed E-state index contributed by atoms with van der Waals surface area (Å²) in [7, 11) is 0. The molecule has 2 aromatic rings. The quantitative estimate of drug-likeness (QED) is 0.357. The molecule has 0 amide bonds. The Bertz CT molecular complexity index is 705. The first kappa shape index (κ1) is 16.8. The van der Waals surface area contributed by atoms with Gasteiger partial charge in [-0.15, -0.1) is 0 Å². The van der Waals surface area contributed by atoms with E-state index in [9.17, 15) is 4.79 Å². The molecule has 1 heterocycles. The molecule has 0 unspecified atom stereocenters. The summed E-state index contributed by atoms with van der Waals surface area (Å²) in [6.45, 7) is 8.00. The van der Waals surface area contributed by atoms with Gasteiger partial charge in [0.05, 0.1) is 11.2 Å². The summed E-state index contributed by atoms with van der Waals surface area (Å²) in [5.41, 5.74) is 2.27. The van der Waals surface area contributed by atoms with Crippen molar-refractivity contribution in [2.24, 2.45) is 0 Å². The lowest BCUT2D eigenvalue weighted by atomic mass is 10.1. The average molecular weight is 337 g/mol. The molecule has 0 aliphatic carbocycles. The van der Waals surface area contributed by atoms with Gasteiger partial charge in [-0.25, -0.2) is 14.8 Å². The van der Waals surface area contributed by atoms with Gasteiger partial charge in [-0.3, -0.25) is 0 Å². The highest BCUT2D eigenvalue weighted by molar-refractivity contribution is 7.99. The van der Waals surface area contributed by atoms with Crippen molar-refractivity contribution in [1.29, 1.82) is 0 Å². The van der Waals surface area contributed by atoms with Gasteiger partial charge in [0.1, 0.15) is 5.75 Å². The van der Waals surface area contributed by atoms with E-state index in [0.29, 0.717) is 16.2 Å². The van der Waals surface area contributed by atoms with Crippen LogP contribution in [-0.2, 0) is 0 Å². The van der Waals surface area contributed by atoms with Crippen molar-refractivity contribution in [3.8, 4) is 5.75 Å². The molecular formula is C16H17ClN2O2S. The molecular weight excluding hydrogens is 320 g/mol. The third kappa shape index (κ3) is 4.21. The Hall–Kier alpha value is -1.59. The molecule has 0 fully saturated rings. The Morgan fingerprint density at radius 2 is 2.00 bits per heavy atom. The Kier molecular flexibility index (Phi) is 5.42. The Labute approximate surface area is 139 Å². The molecule has 116 valence electrons. The number of halogens is 1. The summed E-state index contributed by atoms with van der Waals surface area (Å²) in [4.78, 5) is 20.6. The summed E-state index contributed by atoms with van der Waals surface area (Å²) < 4.78 is 5.35. The van der Waals surface area contributed by atoms with E-state index in [2.05, 4.69) is 9.97 Å². The van der Waals surface area contributed by atoms with Crippen LogP contribution in [-0.4, -0.2) is 21.2 Å². The van der Waals surface area contributed by atoms with Crippen LogP contribution >= 0.6 is 23.4 Å². The minimum atomic E-state index is -0.582. The third-order valence-corrected chi connectivity index (χ3v) is 4.10. The first-order chi connectivity index (χ1) is 10.4. The van der Waals surface area contributed by atoms with Crippen LogP contribution in [0.25, 0.3) is 0 Å². The van der Waals surface area contributed by atoms with E-state index in [4.69, 9.17) is 16.3 Å². The van der Waals surface area contributed by atoms with Crippen LogP contribution in [0.15, 0.2) is 29.6 Å². The fourth-order valence-corrected chi connectivity index (χ4v) is 2.54. The molecule has 0 spiro atoms. The number of esters is 1. The lowest BCUT2D eigenvalue weighted by Gasteiger charge is -2.09. The zero-order valence-electron chi connectivity index (χ0n) is 12.9. The third-order valence-electron chi connectivity index (χ3n) is 2.95. The van der Waals surface area contributed by atoms with Gasteiger partial charge in [0.25, 0.3) is 0 Å². The SMILES string of the molecule is Cc1ccc(OC(=O)c2nc(SC(C)C)ncc2Cl)cc1C. The topological polar surface area (TPSA) is 52.1 Å². The van der Waals surface area contributed by atoms with Gasteiger partial charge in [0.15, 0.2) is 10.9 Å². The summed E-state index contributed by atoms with van der Waals surface area (Å²) in [5.74, 6) is -0.109. The minimum absolute atomic E-state index is 0.0815. The van der Waals surface area contributed by atoms with Crippen LogP contribution in [0.1, 0.15) is 35.5 Å². The molecule has 0 atom stereocenters. The van der Waals surface area contributed by atoms with Crippen LogP contribution < -0.4 is 4.74 Å². The molecule has 0 saturated carbocycles. The van der Waals surface area contributed by atoms with Crippen molar-refractivity contribution in [2.75, 3.05) is 0 Å². The lowest BCUT2D eigenvalue weighted by Crippen LogP contribution is -2.13. The number of rotatable bonds is 4. The molecule has 0 bridgehead atoms. The van der Waals surface area contributed by atoms with E-state index in [0.717, 1.165) is 11.1 Å². The van der Waals surface area contributed by atoms with Crippen molar-refractivity contribution in [2.45, 2.75) is 38.1 Å². The number of thioether (sulfide) groups is 1.